The van der Waals surface area contributed by atoms with E-state index in [0.717, 1.165) is 26.1 Å². The molecule has 0 spiro atoms. The smallest absolute Gasteiger partial charge is 0.304 e. The number of nitrogens with one attached hydrogen (secondary N) is 1. The number of piperidine rings is 2. The Balaban J connectivity index is 1.94. The van der Waals surface area contributed by atoms with Crippen molar-refractivity contribution in [3.63, 3.8) is 0 Å². The summed E-state index contributed by atoms with van der Waals surface area (Å²) in [6.45, 7) is 4.78. The van der Waals surface area contributed by atoms with Crippen LogP contribution >= 0.6 is 0 Å². The minimum absolute atomic E-state index is 0.0364. The zero-order valence-corrected chi connectivity index (χ0v) is 10.1. The van der Waals surface area contributed by atoms with Crippen molar-refractivity contribution >= 4 is 5.97 Å². The number of ether oxygens (including phenoxy) is 1. The van der Waals surface area contributed by atoms with E-state index in [-0.39, 0.29) is 12.2 Å². The molecule has 0 amide bonds. The van der Waals surface area contributed by atoms with Crippen LogP contribution in [0.25, 0.3) is 0 Å². The summed E-state index contributed by atoms with van der Waals surface area (Å²) in [7, 11) is 0. The van der Waals surface area contributed by atoms with Crippen molar-refractivity contribution in [3.05, 3.63) is 0 Å². The molecule has 0 bridgehead atoms. The predicted octanol–water partition coefficient (Wildman–Crippen LogP) is 1.11. The number of rotatable bonds is 2. The van der Waals surface area contributed by atoms with Crippen LogP contribution < -0.4 is 5.32 Å². The Kier molecular flexibility index (Phi) is 4.18. The maximum absolute atomic E-state index is 11.1. The second-order valence-corrected chi connectivity index (χ2v) is 4.78. The summed E-state index contributed by atoms with van der Waals surface area (Å²) in [4.78, 5) is 13.5. The normalized spacial score (nSPS) is 28.9. The van der Waals surface area contributed by atoms with E-state index in [1.165, 1.54) is 32.6 Å². The summed E-state index contributed by atoms with van der Waals surface area (Å²) < 4.78 is 5.42. The molecule has 2 aliphatic heterocycles. The van der Waals surface area contributed by atoms with Crippen molar-refractivity contribution in [1.82, 2.24) is 10.2 Å². The van der Waals surface area contributed by atoms with Gasteiger partial charge >= 0.3 is 5.97 Å². The summed E-state index contributed by atoms with van der Waals surface area (Å²) >= 11 is 0. The summed E-state index contributed by atoms with van der Waals surface area (Å²) in [6.07, 6.45) is 5.81. The van der Waals surface area contributed by atoms with Gasteiger partial charge in [-0.1, -0.05) is 0 Å². The lowest BCUT2D eigenvalue weighted by Crippen LogP contribution is -2.51. The van der Waals surface area contributed by atoms with Gasteiger partial charge < -0.3 is 10.1 Å². The van der Waals surface area contributed by atoms with Crippen molar-refractivity contribution in [3.8, 4) is 0 Å². The van der Waals surface area contributed by atoms with Crippen LogP contribution in [0, 0.1) is 0 Å². The van der Waals surface area contributed by atoms with E-state index >= 15 is 0 Å². The van der Waals surface area contributed by atoms with Gasteiger partial charge in [-0.05, 0) is 45.2 Å². The molecule has 1 unspecified atom stereocenters. The third-order valence-corrected chi connectivity index (χ3v) is 3.57. The minimum Gasteiger partial charge on any atom is -0.447 e. The molecular formula is C12H22N2O2. The zero-order valence-electron chi connectivity index (χ0n) is 10.1. The first-order valence-electron chi connectivity index (χ1n) is 6.41. The molecule has 4 heteroatoms. The fourth-order valence-electron chi connectivity index (χ4n) is 2.80. The molecule has 0 aromatic rings. The van der Waals surface area contributed by atoms with Gasteiger partial charge in [0.2, 0.25) is 0 Å². The molecule has 0 aromatic heterocycles. The first kappa shape index (κ1) is 11.9. The molecule has 1 atom stereocenters. The molecular weight excluding hydrogens is 204 g/mol. The highest BCUT2D eigenvalue weighted by molar-refractivity contribution is 5.66. The van der Waals surface area contributed by atoms with Crippen molar-refractivity contribution in [2.24, 2.45) is 0 Å². The molecule has 2 rings (SSSR count). The number of carbonyl (C=O) groups excluding carboxylic acids is 1. The maximum atomic E-state index is 11.1. The number of hydrogen-bond donors (Lipinski definition) is 1. The average Bonchev–Trinajstić information content (AvgIpc) is 2.30. The van der Waals surface area contributed by atoms with E-state index in [1.807, 2.05) is 0 Å². The molecule has 2 saturated heterocycles. The number of likely N-dealkylation sites (tertiary alicyclic amines) is 1. The first-order valence-corrected chi connectivity index (χ1v) is 6.41. The topological polar surface area (TPSA) is 41.6 Å². The highest BCUT2D eigenvalue weighted by atomic mass is 16.6. The Morgan fingerprint density at radius 1 is 1.25 bits per heavy atom. The summed E-state index contributed by atoms with van der Waals surface area (Å²) in [6, 6.07) is 0.603. The van der Waals surface area contributed by atoms with Gasteiger partial charge in [-0.2, -0.15) is 0 Å². The lowest BCUT2D eigenvalue weighted by molar-refractivity contribution is -0.163. The van der Waals surface area contributed by atoms with Gasteiger partial charge in [-0.25, -0.2) is 0 Å². The van der Waals surface area contributed by atoms with E-state index in [9.17, 15) is 4.79 Å². The van der Waals surface area contributed by atoms with E-state index in [0.29, 0.717) is 6.04 Å². The molecule has 16 heavy (non-hydrogen) atoms. The Bertz CT molecular complexity index is 239. The third-order valence-electron chi connectivity index (χ3n) is 3.57. The molecule has 0 radical (unpaired) electrons. The zero-order chi connectivity index (χ0) is 11.4. The fourth-order valence-corrected chi connectivity index (χ4v) is 2.80. The van der Waals surface area contributed by atoms with Crippen LogP contribution in [-0.4, -0.2) is 42.8 Å². The molecule has 0 aliphatic carbocycles. The number of carbonyl (C=O) groups is 1. The summed E-state index contributed by atoms with van der Waals surface area (Å²) in [5, 5.41) is 3.37. The Morgan fingerprint density at radius 3 is 2.69 bits per heavy atom. The summed E-state index contributed by atoms with van der Waals surface area (Å²) in [5.74, 6) is -0.147. The van der Waals surface area contributed by atoms with E-state index in [1.54, 1.807) is 0 Å². The van der Waals surface area contributed by atoms with Gasteiger partial charge in [-0.15, -0.1) is 0 Å². The van der Waals surface area contributed by atoms with Gasteiger partial charge in [0.05, 0.1) is 0 Å². The lowest BCUT2D eigenvalue weighted by atomic mass is 10.00. The molecule has 2 aliphatic rings. The molecule has 1 N–H and O–H groups in total. The standard InChI is InChI=1S/C12H22N2O2/c1-10(15)16-12-4-2-3-9-14(12)11-5-7-13-8-6-11/h11-13H,2-9H2,1H3. The predicted molar refractivity (Wildman–Crippen MR) is 62.0 cm³/mol. The monoisotopic (exact) mass is 226 g/mol. The third kappa shape index (κ3) is 2.95. The molecule has 0 saturated carbocycles. The van der Waals surface area contributed by atoms with Crippen molar-refractivity contribution < 1.29 is 9.53 Å². The highest BCUT2D eigenvalue weighted by Gasteiger charge is 2.31. The fraction of sp³-hybridized carbons (Fsp3) is 0.917. The SMILES string of the molecule is CC(=O)OC1CCCCN1C1CCNCC1. The highest BCUT2D eigenvalue weighted by Crippen LogP contribution is 2.24. The van der Waals surface area contributed by atoms with Crippen LogP contribution in [0.1, 0.15) is 39.0 Å². The van der Waals surface area contributed by atoms with E-state index < -0.39 is 0 Å². The van der Waals surface area contributed by atoms with Crippen LogP contribution in [0.5, 0.6) is 0 Å². The van der Waals surface area contributed by atoms with Crippen LogP contribution in [0.3, 0.4) is 0 Å². The summed E-state index contributed by atoms with van der Waals surface area (Å²) in [5.41, 5.74) is 0. The molecule has 2 heterocycles. The Hall–Kier alpha value is -0.610. The second-order valence-electron chi connectivity index (χ2n) is 4.78. The van der Waals surface area contributed by atoms with Gasteiger partial charge in [0.1, 0.15) is 0 Å². The van der Waals surface area contributed by atoms with Crippen LogP contribution in [0.4, 0.5) is 0 Å². The molecule has 4 nitrogen and oxygen atoms in total. The average molecular weight is 226 g/mol. The van der Waals surface area contributed by atoms with Gasteiger partial charge in [-0.3, -0.25) is 9.69 Å². The quantitative estimate of drug-likeness (QED) is 0.716. The van der Waals surface area contributed by atoms with Gasteiger partial charge in [0, 0.05) is 19.5 Å². The molecule has 0 aromatic carbocycles. The Morgan fingerprint density at radius 2 is 2.00 bits per heavy atom. The number of nitrogens with zero attached hydrogens (tertiary/aromatic N) is 1. The maximum Gasteiger partial charge on any atom is 0.304 e. The van der Waals surface area contributed by atoms with Crippen molar-refractivity contribution in [2.45, 2.75) is 51.3 Å². The number of esters is 1. The largest absolute Gasteiger partial charge is 0.447 e. The van der Waals surface area contributed by atoms with Crippen molar-refractivity contribution in [2.75, 3.05) is 19.6 Å². The minimum atomic E-state index is -0.147. The second kappa shape index (κ2) is 5.64. The first-order chi connectivity index (χ1) is 7.77. The lowest BCUT2D eigenvalue weighted by Gasteiger charge is -2.41. The van der Waals surface area contributed by atoms with Crippen LogP contribution in [0.2, 0.25) is 0 Å². The van der Waals surface area contributed by atoms with Crippen LogP contribution in [0.15, 0.2) is 0 Å². The number of hydrogen-bond acceptors (Lipinski definition) is 4. The van der Waals surface area contributed by atoms with E-state index in [4.69, 9.17) is 4.74 Å². The molecule has 92 valence electrons. The van der Waals surface area contributed by atoms with Gasteiger partial charge in [0.25, 0.3) is 0 Å². The van der Waals surface area contributed by atoms with Crippen molar-refractivity contribution in [1.29, 1.82) is 0 Å². The molecule has 2 fully saturated rings. The van der Waals surface area contributed by atoms with Crippen LogP contribution in [-0.2, 0) is 9.53 Å². The Labute approximate surface area is 97.3 Å². The van der Waals surface area contributed by atoms with Gasteiger partial charge in [0.15, 0.2) is 6.23 Å². The van der Waals surface area contributed by atoms with E-state index in [2.05, 4.69) is 10.2 Å².